The predicted molar refractivity (Wildman–Crippen MR) is 125 cm³/mol. The quantitative estimate of drug-likeness (QED) is 0.425. The van der Waals surface area contributed by atoms with Gasteiger partial charge in [-0.25, -0.2) is 18.1 Å². The van der Waals surface area contributed by atoms with Crippen LogP contribution in [-0.4, -0.2) is 65.9 Å². The van der Waals surface area contributed by atoms with Gasteiger partial charge >= 0.3 is 12.0 Å². The number of aliphatic carboxylic acids is 1. The number of hydrogen-bond acceptors (Lipinski definition) is 8. The van der Waals surface area contributed by atoms with E-state index in [4.69, 9.17) is 24.1 Å². The molecule has 35 heavy (non-hydrogen) atoms. The van der Waals surface area contributed by atoms with Crippen LogP contribution in [0.25, 0.3) is 6.08 Å². The first-order valence-electron chi connectivity index (χ1n) is 10.1. The highest BCUT2D eigenvalue weighted by molar-refractivity contribution is 7.93. The standard InChI is InChI=1S/C23H27F2NO8S/c1-26(23(24,25)22(27)28)13-16-10-15(6-7-19(16)32-3)14-35(29,30)9-8-18-20(33-4)11-17(31-2)12-21(18)34-5/h6-12H,13-14H2,1-5H3,(H,27,28). The molecule has 192 valence electrons. The number of halogens is 2. The number of nitrogens with zero attached hydrogens (tertiary/aromatic N) is 1. The topological polar surface area (TPSA) is 112 Å². The molecular weight excluding hydrogens is 488 g/mol. The lowest BCUT2D eigenvalue weighted by Crippen LogP contribution is -2.44. The number of rotatable bonds is 12. The summed E-state index contributed by atoms with van der Waals surface area (Å²) in [6.07, 6.45) is 1.33. The molecule has 0 unspecified atom stereocenters. The van der Waals surface area contributed by atoms with Gasteiger partial charge < -0.3 is 24.1 Å². The molecule has 2 rings (SSSR count). The Labute approximate surface area is 202 Å². The van der Waals surface area contributed by atoms with Crippen LogP contribution in [0.4, 0.5) is 8.78 Å². The van der Waals surface area contributed by atoms with Crippen molar-refractivity contribution in [1.29, 1.82) is 0 Å². The van der Waals surface area contributed by atoms with E-state index in [-0.39, 0.29) is 11.3 Å². The largest absolute Gasteiger partial charge is 0.496 e. The third-order valence-corrected chi connectivity index (χ3v) is 6.34. The first kappa shape index (κ1) is 27.9. The number of carbonyl (C=O) groups is 1. The monoisotopic (exact) mass is 515 g/mol. The van der Waals surface area contributed by atoms with Crippen molar-refractivity contribution in [2.75, 3.05) is 35.5 Å². The lowest BCUT2D eigenvalue weighted by molar-refractivity contribution is -0.194. The van der Waals surface area contributed by atoms with E-state index >= 15 is 0 Å². The highest BCUT2D eigenvalue weighted by Crippen LogP contribution is 2.35. The van der Waals surface area contributed by atoms with Gasteiger partial charge in [-0.05, 0) is 30.8 Å². The highest BCUT2D eigenvalue weighted by Gasteiger charge is 2.43. The first-order valence-corrected chi connectivity index (χ1v) is 11.8. The van der Waals surface area contributed by atoms with E-state index in [9.17, 15) is 22.0 Å². The minimum atomic E-state index is -4.12. The second-order valence-electron chi connectivity index (χ2n) is 7.40. The summed E-state index contributed by atoms with van der Waals surface area (Å²) in [6.45, 7) is -0.494. The van der Waals surface area contributed by atoms with Crippen LogP contribution in [0.3, 0.4) is 0 Å². The normalized spacial score (nSPS) is 12.1. The Morgan fingerprint density at radius 2 is 1.57 bits per heavy atom. The second-order valence-corrected chi connectivity index (χ2v) is 9.29. The van der Waals surface area contributed by atoms with Crippen LogP contribution in [0.15, 0.2) is 35.7 Å². The molecule has 0 aliphatic rings. The van der Waals surface area contributed by atoms with Crippen molar-refractivity contribution in [3.63, 3.8) is 0 Å². The first-order chi connectivity index (χ1) is 16.4. The molecular formula is C23H27F2NO8S. The number of alkyl halides is 2. The van der Waals surface area contributed by atoms with Crippen molar-refractivity contribution < 1.29 is 46.0 Å². The molecule has 0 fully saturated rings. The summed E-state index contributed by atoms with van der Waals surface area (Å²) in [5.41, 5.74) is 0.879. The van der Waals surface area contributed by atoms with Crippen LogP contribution in [0.5, 0.6) is 23.0 Å². The van der Waals surface area contributed by atoms with E-state index in [0.717, 1.165) is 12.5 Å². The molecule has 2 aromatic rings. The molecule has 2 aromatic carbocycles. The molecule has 9 nitrogen and oxygen atoms in total. The summed E-state index contributed by atoms with van der Waals surface area (Å²) in [7, 11) is 2.75. The molecule has 0 saturated carbocycles. The number of sulfone groups is 1. The summed E-state index contributed by atoms with van der Waals surface area (Å²) in [5, 5.41) is 9.74. The van der Waals surface area contributed by atoms with Crippen molar-refractivity contribution in [2.24, 2.45) is 0 Å². The van der Waals surface area contributed by atoms with Gasteiger partial charge in [0.05, 0.1) is 39.8 Å². The Morgan fingerprint density at radius 3 is 2.06 bits per heavy atom. The van der Waals surface area contributed by atoms with Crippen LogP contribution in [0, 0.1) is 0 Å². The molecule has 0 amide bonds. The SMILES string of the molecule is COc1cc(OC)c(C=CS(=O)(=O)Cc2ccc(OC)c(CN(C)C(F)(F)C(=O)O)c2)c(OC)c1. The summed E-state index contributed by atoms with van der Waals surface area (Å²) in [6, 6.07) is 3.34. The number of benzene rings is 2. The Bertz CT molecular complexity index is 1170. The van der Waals surface area contributed by atoms with E-state index in [1.807, 2.05) is 0 Å². The molecule has 12 heteroatoms. The van der Waals surface area contributed by atoms with E-state index < -0.39 is 34.2 Å². The maximum atomic E-state index is 13.8. The van der Waals surface area contributed by atoms with Gasteiger partial charge in [-0.3, -0.25) is 0 Å². The van der Waals surface area contributed by atoms with Crippen LogP contribution >= 0.6 is 0 Å². The Kier molecular flexibility index (Phi) is 9.05. The van der Waals surface area contributed by atoms with E-state index in [2.05, 4.69) is 0 Å². The van der Waals surface area contributed by atoms with Crippen LogP contribution in [-0.2, 0) is 26.9 Å². The lowest BCUT2D eigenvalue weighted by atomic mass is 10.1. The molecule has 0 atom stereocenters. The number of carboxylic acids is 1. The maximum Gasteiger partial charge on any atom is 0.401 e. The van der Waals surface area contributed by atoms with Crippen molar-refractivity contribution in [3.8, 4) is 23.0 Å². The summed E-state index contributed by atoms with van der Waals surface area (Å²) >= 11 is 0. The van der Waals surface area contributed by atoms with Crippen molar-refractivity contribution in [2.45, 2.75) is 18.3 Å². The minimum Gasteiger partial charge on any atom is -0.496 e. The van der Waals surface area contributed by atoms with Gasteiger partial charge in [0.2, 0.25) is 0 Å². The smallest absolute Gasteiger partial charge is 0.401 e. The van der Waals surface area contributed by atoms with Gasteiger partial charge in [-0.15, -0.1) is 0 Å². The van der Waals surface area contributed by atoms with Crippen LogP contribution < -0.4 is 18.9 Å². The number of ether oxygens (including phenoxy) is 4. The van der Waals surface area contributed by atoms with E-state index in [1.165, 1.54) is 52.7 Å². The molecule has 1 N–H and O–H groups in total. The number of likely N-dealkylation sites (N-methyl/N-ethyl adjacent to an activating group) is 1. The summed E-state index contributed by atoms with van der Waals surface area (Å²) < 4.78 is 74.2. The third-order valence-electron chi connectivity index (χ3n) is 5.05. The van der Waals surface area contributed by atoms with Crippen LogP contribution in [0.1, 0.15) is 16.7 Å². The number of methoxy groups -OCH3 is 4. The Hall–Kier alpha value is -3.38. The maximum absolute atomic E-state index is 13.8. The Morgan fingerprint density at radius 1 is 1.00 bits per heavy atom. The van der Waals surface area contributed by atoms with Gasteiger partial charge in [0.25, 0.3) is 0 Å². The molecule has 0 spiro atoms. The number of hydrogen-bond donors (Lipinski definition) is 1. The molecule has 0 heterocycles. The molecule has 0 aromatic heterocycles. The summed E-state index contributed by atoms with van der Waals surface area (Å²) in [5.74, 6) is -1.40. The highest BCUT2D eigenvalue weighted by atomic mass is 32.2. The van der Waals surface area contributed by atoms with Crippen LogP contribution in [0.2, 0.25) is 0 Å². The zero-order valence-electron chi connectivity index (χ0n) is 19.9. The fraction of sp³-hybridized carbons (Fsp3) is 0.348. The van der Waals surface area contributed by atoms with E-state index in [1.54, 1.807) is 12.1 Å². The minimum absolute atomic E-state index is 0.200. The van der Waals surface area contributed by atoms with Crippen molar-refractivity contribution in [1.82, 2.24) is 4.90 Å². The Balaban J connectivity index is 2.34. The predicted octanol–water partition coefficient (Wildman–Crippen LogP) is 3.42. The molecule has 0 saturated heterocycles. The zero-order valence-corrected chi connectivity index (χ0v) is 20.7. The molecule has 0 radical (unpaired) electrons. The lowest BCUT2D eigenvalue weighted by Gasteiger charge is -2.24. The molecule has 0 aliphatic carbocycles. The summed E-state index contributed by atoms with van der Waals surface area (Å²) in [4.78, 5) is 11.2. The van der Waals surface area contributed by atoms with Gasteiger partial charge in [-0.1, -0.05) is 6.07 Å². The average Bonchev–Trinajstić information content (AvgIpc) is 2.81. The fourth-order valence-corrected chi connectivity index (χ4v) is 4.30. The van der Waals surface area contributed by atoms with Gasteiger partial charge in [0, 0.05) is 29.6 Å². The number of carboxylic acid groups (broad SMARTS) is 1. The third kappa shape index (κ3) is 6.83. The molecule has 0 aliphatic heterocycles. The second kappa shape index (κ2) is 11.4. The van der Waals surface area contributed by atoms with Gasteiger partial charge in [-0.2, -0.15) is 8.78 Å². The fourth-order valence-electron chi connectivity index (χ4n) is 3.21. The van der Waals surface area contributed by atoms with E-state index in [0.29, 0.717) is 33.3 Å². The van der Waals surface area contributed by atoms with Crippen molar-refractivity contribution >= 4 is 21.9 Å². The van der Waals surface area contributed by atoms with Gasteiger partial charge in [0.1, 0.15) is 23.0 Å². The zero-order chi connectivity index (χ0) is 26.4. The van der Waals surface area contributed by atoms with Crippen molar-refractivity contribution in [3.05, 3.63) is 52.4 Å². The van der Waals surface area contributed by atoms with Gasteiger partial charge in [0.15, 0.2) is 9.84 Å². The average molecular weight is 516 g/mol. The molecule has 0 bridgehead atoms.